The normalized spacial score (nSPS) is 11.4. The molecule has 2 aromatic rings. The van der Waals surface area contributed by atoms with Gasteiger partial charge in [-0.1, -0.05) is 11.8 Å². The first-order chi connectivity index (χ1) is 9.95. The van der Waals surface area contributed by atoms with E-state index in [0.29, 0.717) is 22.3 Å². The molecule has 1 heterocycles. The lowest BCUT2D eigenvalue weighted by molar-refractivity contribution is 0.252. The Hall–Kier alpha value is -2.49. The van der Waals surface area contributed by atoms with Gasteiger partial charge in [0.15, 0.2) is 5.69 Å². The van der Waals surface area contributed by atoms with Crippen molar-refractivity contribution in [2.75, 3.05) is 5.73 Å². The second-order valence-corrected chi connectivity index (χ2v) is 4.81. The topological polar surface area (TPSA) is 116 Å². The summed E-state index contributed by atoms with van der Waals surface area (Å²) in [5.74, 6) is -2.71. The predicted molar refractivity (Wildman–Crippen MR) is 74.6 cm³/mol. The summed E-state index contributed by atoms with van der Waals surface area (Å²) in [6.45, 7) is 0. The van der Waals surface area contributed by atoms with Crippen LogP contribution in [0.5, 0.6) is 0 Å². The van der Waals surface area contributed by atoms with Crippen LogP contribution in [-0.4, -0.2) is 15.7 Å². The lowest BCUT2D eigenvalue weighted by atomic mass is 10.3. The lowest BCUT2D eigenvalue weighted by Crippen LogP contribution is -2.23. The van der Waals surface area contributed by atoms with Gasteiger partial charge in [0.1, 0.15) is 5.82 Å². The maximum absolute atomic E-state index is 12.2. The van der Waals surface area contributed by atoms with Crippen molar-refractivity contribution in [3.8, 4) is 0 Å². The van der Waals surface area contributed by atoms with Gasteiger partial charge in [0.25, 0.3) is 11.3 Å². The monoisotopic (exact) mass is 313 g/mol. The number of anilines is 1. The molecule has 0 aliphatic heterocycles. The highest BCUT2D eigenvalue weighted by Crippen LogP contribution is 2.27. The average Bonchev–Trinajstić information content (AvgIpc) is 2.38. The fraction of sp³-hybridized carbons (Fsp3) is 0.0909. The second kappa shape index (κ2) is 6.31. The molecule has 0 bridgehead atoms. The average molecular weight is 313 g/mol. The highest BCUT2D eigenvalue weighted by atomic mass is 32.2. The Balaban J connectivity index is 2.22. The van der Waals surface area contributed by atoms with Crippen LogP contribution in [0.4, 0.5) is 26.0 Å². The molecule has 0 aliphatic rings. The largest absolute Gasteiger partial charge is 0.383 e. The number of nitrogens with two attached hydrogens (primary N) is 1. The van der Waals surface area contributed by atoms with Crippen LogP contribution in [-0.2, 0) is 0 Å². The molecule has 0 aliphatic carbocycles. The van der Waals surface area contributed by atoms with E-state index in [9.17, 15) is 18.4 Å². The molecule has 21 heavy (non-hydrogen) atoms. The molecular formula is C11H9F2N5O2S. The van der Waals surface area contributed by atoms with Crippen molar-refractivity contribution in [2.45, 2.75) is 10.7 Å². The van der Waals surface area contributed by atoms with E-state index in [1.54, 1.807) is 0 Å². The highest BCUT2D eigenvalue weighted by molar-refractivity contribution is 7.99. The van der Waals surface area contributed by atoms with Crippen LogP contribution in [0.15, 0.2) is 49.0 Å². The van der Waals surface area contributed by atoms with Gasteiger partial charge in [-0.3, -0.25) is 14.8 Å². The van der Waals surface area contributed by atoms with Crippen LogP contribution < -0.4 is 17.0 Å². The highest BCUT2D eigenvalue weighted by Gasteiger charge is 2.06. The molecule has 0 unspecified atom stereocenters. The van der Waals surface area contributed by atoms with E-state index < -0.39 is 17.0 Å². The van der Waals surface area contributed by atoms with Crippen LogP contribution in [0.2, 0.25) is 0 Å². The number of aromatic amines is 2. The van der Waals surface area contributed by atoms with Crippen molar-refractivity contribution in [1.82, 2.24) is 9.97 Å². The van der Waals surface area contributed by atoms with Gasteiger partial charge >= 0.3 is 5.69 Å². The summed E-state index contributed by atoms with van der Waals surface area (Å²) in [7, 11) is 0. The Morgan fingerprint density at radius 3 is 2.33 bits per heavy atom. The standard InChI is InChI=1S/C11H9F2N5O2S/c12-10(13)21-6-3-1-5(2-4-6)17-18-7-8(14)15-11(20)16-9(7)19/h1-4,10H,(H4,14,15,16,19,20). The molecule has 1 aromatic carbocycles. The van der Waals surface area contributed by atoms with Crippen LogP contribution in [0.3, 0.4) is 0 Å². The number of halogens is 2. The van der Waals surface area contributed by atoms with Gasteiger partial charge in [-0.2, -0.15) is 13.9 Å². The number of hydrogen-bond acceptors (Lipinski definition) is 6. The number of nitrogen functional groups attached to an aromatic ring is 1. The van der Waals surface area contributed by atoms with Gasteiger partial charge in [0.2, 0.25) is 0 Å². The van der Waals surface area contributed by atoms with Crippen molar-refractivity contribution < 1.29 is 8.78 Å². The Bertz CT molecular complexity index is 769. The molecule has 2 rings (SSSR count). The molecule has 110 valence electrons. The first kappa shape index (κ1) is 14.9. The SMILES string of the molecule is Nc1[nH]c(=O)[nH]c(=O)c1N=Nc1ccc(SC(F)F)cc1. The first-order valence-corrected chi connectivity index (χ1v) is 6.42. The minimum absolute atomic E-state index is 0.211. The minimum Gasteiger partial charge on any atom is -0.383 e. The van der Waals surface area contributed by atoms with E-state index in [4.69, 9.17) is 5.73 Å². The number of alkyl halides is 2. The van der Waals surface area contributed by atoms with E-state index in [0.717, 1.165) is 0 Å². The third kappa shape index (κ3) is 3.99. The van der Waals surface area contributed by atoms with Crippen molar-refractivity contribution >= 4 is 29.0 Å². The Kier molecular flexibility index (Phi) is 4.48. The van der Waals surface area contributed by atoms with Crippen molar-refractivity contribution in [3.63, 3.8) is 0 Å². The molecular weight excluding hydrogens is 304 g/mol. The number of nitrogens with zero attached hydrogens (tertiary/aromatic N) is 2. The van der Waals surface area contributed by atoms with Crippen LogP contribution in [0, 0.1) is 0 Å². The zero-order valence-corrected chi connectivity index (χ0v) is 11.2. The molecule has 0 atom stereocenters. The van der Waals surface area contributed by atoms with E-state index in [1.165, 1.54) is 24.3 Å². The number of rotatable bonds is 4. The van der Waals surface area contributed by atoms with E-state index in [1.807, 2.05) is 4.98 Å². The van der Waals surface area contributed by atoms with Crippen LogP contribution in [0.25, 0.3) is 0 Å². The van der Waals surface area contributed by atoms with Crippen LogP contribution >= 0.6 is 11.8 Å². The molecule has 7 nitrogen and oxygen atoms in total. The van der Waals surface area contributed by atoms with Gasteiger partial charge in [-0.25, -0.2) is 4.79 Å². The molecule has 0 spiro atoms. The Labute approximate surface area is 120 Å². The molecule has 10 heteroatoms. The molecule has 0 radical (unpaired) electrons. The molecule has 0 amide bonds. The summed E-state index contributed by atoms with van der Waals surface area (Å²) in [6.07, 6.45) is 0. The van der Waals surface area contributed by atoms with Gasteiger partial charge in [0.05, 0.1) is 5.69 Å². The summed E-state index contributed by atoms with van der Waals surface area (Å²) in [6, 6.07) is 5.83. The quantitative estimate of drug-likeness (QED) is 0.593. The fourth-order valence-electron chi connectivity index (χ4n) is 1.40. The Morgan fingerprint density at radius 2 is 1.76 bits per heavy atom. The number of H-pyrrole nitrogens is 2. The van der Waals surface area contributed by atoms with Gasteiger partial charge in [-0.15, -0.1) is 5.11 Å². The summed E-state index contributed by atoms with van der Waals surface area (Å²) in [4.78, 5) is 26.9. The minimum atomic E-state index is -2.50. The van der Waals surface area contributed by atoms with E-state index >= 15 is 0 Å². The maximum Gasteiger partial charge on any atom is 0.327 e. The third-order valence-electron chi connectivity index (χ3n) is 2.27. The molecule has 0 saturated carbocycles. The van der Waals surface area contributed by atoms with E-state index in [2.05, 4.69) is 15.2 Å². The predicted octanol–water partition coefficient (Wildman–Crippen LogP) is 2.38. The van der Waals surface area contributed by atoms with Crippen molar-refractivity contribution in [1.29, 1.82) is 0 Å². The first-order valence-electron chi connectivity index (χ1n) is 5.54. The number of aromatic nitrogens is 2. The molecule has 0 saturated heterocycles. The third-order valence-corrected chi connectivity index (χ3v) is 3.00. The molecule has 4 N–H and O–H groups in total. The summed E-state index contributed by atoms with van der Waals surface area (Å²) in [5.41, 5.74) is 4.04. The van der Waals surface area contributed by atoms with Gasteiger partial charge in [0, 0.05) is 4.90 Å². The van der Waals surface area contributed by atoms with Gasteiger partial charge < -0.3 is 5.73 Å². The fourth-order valence-corrected chi connectivity index (χ4v) is 1.90. The number of hydrogen-bond donors (Lipinski definition) is 3. The summed E-state index contributed by atoms with van der Waals surface area (Å²) < 4.78 is 24.3. The number of thioether (sulfide) groups is 1. The van der Waals surface area contributed by atoms with Crippen LogP contribution in [0.1, 0.15) is 0 Å². The summed E-state index contributed by atoms with van der Waals surface area (Å²) in [5, 5.41) is 7.39. The zero-order valence-electron chi connectivity index (χ0n) is 10.3. The number of benzene rings is 1. The maximum atomic E-state index is 12.2. The number of azo groups is 1. The Morgan fingerprint density at radius 1 is 1.10 bits per heavy atom. The molecule has 1 aromatic heterocycles. The van der Waals surface area contributed by atoms with Gasteiger partial charge in [-0.05, 0) is 24.3 Å². The molecule has 0 fully saturated rings. The van der Waals surface area contributed by atoms with E-state index in [-0.39, 0.29) is 11.5 Å². The zero-order chi connectivity index (χ0) is 15.4. The smallest absolute Gasteiger partial charge is 0.327 e. The second-order valence-electron chi connectivity index (χ2n) is 3.74. The van der Waals surface area contributed by atoms with Crippen molar-refractivity contribution in [3.05, 3.63) is 45.1 Å². The lowest BCUT2D eigenvalue weighted by Gasteiger charge is -2.00. The van der Waals surface area contributed by atoms with Crippen molar-refractivity contribution in [2.24, 2.45) is 10.2 Å². The summed E-state index contributed by atoms with van der Waals surface area (Å²) >= 11 is 0.408. The number of nitrogens with one attached hydrogen (secondary N) is 2.